The quantitative estimate of drug-likeness (QED) is 0.566. The van der Waals surface area contributed by atoms with E-state index in [9.17, 15) is 13.6 Å². The third kappa shape index (κ3) is 1.83. The highest BCUT2D eigenvalue weighted by atomic mass is 19.1. The summed E-state index contributed by atoms with van der Waals surface area (Å²) in [5, 5.41) is 0. The van der Waals surface area contributed by atoms with Crippen LogP contribution in [0, 0.1) is 17.7 Å². The Labute approximate surface area is 62.7 Å². The van der Waals surface area contributed by atoms with E-state index < -0.39 is 11.6 Å². The number of halogens is 2. The molecule has 0 aliphatic carbocycles. The first kappa shape index (κ1) is 7.85. The van der Waals surface area contributed by atoms with E-state index in [1.807, 2.05) is 0 Å². The molecule has 1 aromatic carbocycles. The van der Waals surface area contributed by atoms with E-state index in [0.29, 0.717) is 0 Å². The van der Waals surface area contributed by atoms with E-state index in [1.165, 1.54) is 6.92 Å². The van der Waals surface area contributed by atoms with Crippen LogP contribution in [-0.2, 0) is 0 Å². The van der Waals surface area contributed by atoms with Crippen molar-refractivity contribution in [2.45, 2.75) is 6.92 Å². The summed E-state index contributed by atoms with van der Waals surface area (Å²) in [5.41, 5.74) is 0.0266. The average Bonchev–Trinajstić information content (AvgIpc) is 1.85. The minimum Gasteiger partial charge on any atom is -0.295 e. The van der Waals surface area contributed by atoms with Gasteiger partial charge in [0.2, 0.25) is 0 Å². The highest BCUT2D eigenvalue weighted by molar-refractivity contribution is 5.93. The predicted molar refractivity (Wildman–Crippen MR) is 35.2 cm³/mol. The third-order valence-electron chi connectivity index (χ3n) is 1.21. The monoisotopic (exact) mass is 155 g/mol. The van der Waals surface area contributed by atoms with E-state index in [0.717, 1.165) is 12.1 Å². The minimum absolute atomic E-state index is 0.0266. The normalized spacial score (nSPS) is 9.73. The molecule has 0 spiro atoms. The van der Waals surface area contributed by atoms with E-state index >= 15 is 0 Å². The molecule has 1 radical (unpaired) electrons. The molecule has 0 atom stereocenters. The molecule has 0 unspecified atom stereocenters. The maximum absolute atomic E-state index is 12.3. The van der Waals surface area contributed by atoms with Crippen molar-refractivity contribution in [2.24, 2.45) is 0 Å². The van der Waals surface area contributed by atoms with Crippen LogP contribution in [0.5, 0.6) is 0 Å². The van der Waals surface area contributed by atoms with Crippen molar-refractivity contribution in [1.82, 2.24) is 0 Å². The van der Waals surface area contributed by atoms with Gasteiger partial charge in [-0.2, -0.15) is 0 Å². The third-order valence-corrected chi connectivity index (χ3v) is 1.21. The number of benzene rings is 1. The Morgan fingerprint density at radius 2 is 1.82 bits per heavy atom. The van der Waals surface area contributed by atoms with Gasteiger partial charge in [-0.3, -0.25) is 4.79 Å². The smallest absolute Gasteiger partial charge is 0.160 e. The van der Waals surface area contributed by atoms with Gasteiger partial charge in [-0.15, -0.1) is 0 Å². The Kier molecular flexibility index (Phi) is 1.98. The number of carbonyl (C=O) groups excluding carboxylic acids is 1. The lowest BCUT2D eigenvalue weighted by molar-refractivity contribution is 0.101. The van der Waals surface area contributed by atoms with Crippen molar-refractivity contribution < 1.29 is 13.6 Å². The van der Waals surface area contributed by atoms with Gasteiger partial charge < -0.3 is 0 Å². The molecule has 3 heteroatoms. The van der Waals surface area contributed by atoms with E-state index in [2.05, 4.69) is 0 Å². The van der Waals surface area contributed by atoms with Crippen LogP contribution < -0.4 is 0 Å². The molecule has 57 valence electrons. The second kappa shape index (κ2) is 2.78. The van der Waals surface area contributed by atoms with Crippen molar-refractivity contribution in [2.75, 3.05) is 0 Å². The summed E-state index contributed by atoms with van der Waals surface area (Å²) in [6.07, 6.45) is 0. The van der Waals surface area contributed by atoms with Gasteiger partial charge in [0.1, 0.15) is 11.6 Å². The number of carbonyl (C=O) groups is 1. The Morgan fingerprint density at radius 1 is 1.36 bits per heavy atom. The molecule has 0 fully saturated rings. The molecule has 0 aliphatic heterocycles. The lowest BCUT2D eigenvalue weighted by Gasteiger charge is -1.94. The summed E-state index contributed by atoms with van der Waals surface area (Å²) in [7, 11) is 0. The largest absolute Gasteiger partial charge is 0.295 e. The zero-order chi connectivity index (χ0) is 8.43. The fraction of sp³-hybridized carbons (Fsp3) is 0.125. The van der Waals surface area contributed by atoms with Gasteiger partial charge in [0, 0.05) is 5.56 Å². The molecule has 11 heavy (non-hydrogen) atoms. The molecular formula is C8H5F2O. The van der Waals surface area contributed by atoms with Crippen LogP contribution in [0.1, 0.15) is 17.3 Å². The van der Waals surface area contributed by atoms with Crippen LogP contribution in [0.15, 0.2) is 12.1 Å². The highest BCUT2D eigenvalue weighted by Gasteiger charge is 2.03. The molecule has 0 saturated carbocycles. The van der Waals surface area contributed by atoms with Crippen LogP contribution in [-0.4, -0.2) is 5.78 Å². The molecule has 1 aromatic rings. The Bertz CT molecular complexity index is 274. The molecule has 0 aliphatic rings. The first-order valence-electron chi connectivity index (χ1n) is 2.99. The Hall–Kier alpha value is -1.25. The van der Waals surface area contributed by atoms with Crippen molar-refractivity contribution in [3.63, 3.8) is 0 Å². The van der Waals surface area contributed by atoms with Crippen LogP contribution in [0.25, 0.3) is 0 Å². The zero-order valence-electron chi connectivity index (χ0n) is 5.82. The van der Waals surface area contributed by atoms with Gasteiger partial charge in [0.15, 0.2) is 5.78 Å². The summed E-state index contributed by atoms with van der Waals surface area (Å²) in [5.74, 6) is -2.07. The second-order valence-corrected chi connectivity index (χ2v) is 2.12. The van der Waals surface area contributed by atoms with Gasteiger partial charge in [-0.1, -0.05) is 0 Å². The Balaban J connectivity index is 3.19. The highest BCUT2D eigenvalue weighted by Crippen LogP contribution is 2.07. The number of hydrogen-bond donors (Lipinski definition) is 0. The molecule has 0 heterocycles. The van der Waals surface area contributed by atoms with Gasteiger partial charge in [-0.05, 0) is 19.1 Å². The summed E-state index contributed by atoms with van der Waals surface area (Å²) in [4.78, 5) is 10.6. The fourth-order valence-corrected chi connectivity index (χ4v) is 0.704. The van der Waals surface area contributed by atoms with Crippen molar-refractivity contribution in [1.29, 1.82) is 0 Å². The first-order valence-corrected chi connectivity index (χ1v) is 2.99. The SMILES string of the molecule is CC(=O)c1cc(F)[c]c(F)c1. The molecule has 0 aromatic heterocycles. The predicted octanol–water partition coefficient (Wildman–Crippen LogP) is 1.97. The van der Waals surface area contributed by atoms with Crippen LogP contribution in [0.2, 0.25) is 0 Å². The second-order valence-electron chi connectivity index (χ2n) is 2.12. The number of hydrogen-bond acceptors (Lipinski definition) is 1. The van der Waals surface area contributed by atoms with Crippen molar-refractivity contribution >= 4 is 5.78 Å². The minimum atomic E-state index is -0.852. The lowest BCUT2D eigenvalue weighted by Crippen LogP contribution is -1.94. The van der Waals surface area contributed by atoms with Gasteiger partial charge in [0.05, 0.1) is 6.07 Å². The van der Waals surface area contributed by atoms with Gasteiger partial charge in [-0.25, -0.2) is 8.78 Å². The summed E-state index contributed by atoms with van der Waals surface area (Å²) < 4.78 is 24.7. The number of rotatable bonds is 1. The molecule has 0 bridgehead atoms. The van der Waals surface area contributed by atoms with E-state index in [4.69, 9.17) is 0 Å². The molecule has 1 nitrogen and oxygen atoms in total. The molecule has 0 saturated heterocycles. The van der Waals surface area contributed by atoms with Gasteiger partial charge >= 0.3 is 0 Å². The summed E-state index contributed by atoms with van der Waals surface area (Å²) in [6.45, 7) is 1.24. The van der Waals surface area contributed by atoms with E-state index in [1.54, 1.807) is 6.07 Å². The van der Waals surface area contributed by atoms with Crippen molar-refractivity contribution in [3.05, 3.63) is 35.4 Å². The van der Waals surface area contributed by atoms with Crippen LogP contribution >= 0.6 is 0 Å². The fourth-order valence-electron chi connectivity index (χ4n) is 0.704. The maximum atomic E-state index is 12.3. The molecule has 0 N–H and O–H groups in total. The molecule has 0 amide bonds. The van der Waals surface area contributed by atoms with Gasteiger partial charge in [0.25, 0.3) is 0 Å². The lowest BCUT2D eigenvalue weighted by atomic mass is 10.1. The van der Waals surface area contributed by atoms with E-state index in [-0.39, 0.29) is 11.3 Å². The standard InChI is InChI=1S/C8H5F2O/c1-5(11)6-2-7(9)4-8(10)3-6/h2-3H,1H3. The number of ketones is 1. The van der Waals surface area contributed by atoms with Crippen molar-refractivity contribution in [3.8, 4) is 0 Å². The number of Topliss-reactive ketones (excluding diaryl/α,β-unsaturated/α-hetero) is 1. The maximum Gasteiger partial charge on any atom is 0.160 e. The van der Waals surface area contributed by atoms with Crippen LogP contribution in [0.3, 0.4) is 0 Å². The topological polar surface area (TPSA) is 17.1 Å². The van der Waals surface area contributed by atoms with Crippen LogP contribution in [0.4, 0.5) is 8.78 Å². The summed E-state index contributed by atoms with van der Waals surface area (Å²) in [6, 6.07) is 3.68. The molecule has 1 rings (SSSR count). The average molecular weight is 155 g/mol. The first-order chi connectivity index (χ1) is 5.09. The zero-order valence-corrected chi connectivity index (χ0v) is 5.82. The molecular weight excluding hydrogens is 150 g/mol. The summed E-state index contributed by atoms with van der Waals surface area (Å²) >= 11 is 0. The Morgan fingerprint density at radius 3 is 2.18 bits per heavy atom.